The Hall–Kier alpha value is -1.81. The van der Waals surface area contributed by atoms with Crippen molar-refractivity contribution in [2.45, 2.75) is 13.3 Å². The minimum absolute atomic E-state index is 0.871. The molecule has 20 heavy (non-hydrogen) atoms. The number of aromatic nitrogens is 2. The molecule has 0 radical (unpaired) electrons. The molecule has 1 aromatic carbocycles. The number of benzene rings is 1. The van der Waals surface area contributed by atoms with E-state index in [1.54, 1.807) is 0 Å². The summed E-state index contributed by atoms with van der Waals surface area (Å²) < 4.78 is 1.04. The monoisotopic (exact) mass is 329 g/mol. The van der Waals surface area contributed by atoms with Crippen molar-refractivity contribution in [3.05, 3.63) is 58.3 Å². The number of hydrogen-bond donors (Lipinski definition) is 2. The molecule has 3 aromatic rings. The third kappa shape index (κ3) is 2.70. The highest BCUT2D eigenvalue weighted by Gasteiger charge is 2.03. The molecular weight excluding hydrogens is 314 g/mol. The highest BCUT2D eigenvalue weighted by Crippen LogP contribution is 2.19. The summed E-state index contributed by atoms with van der Waals surface area (Å²) in [6.45, 7) is 2.94. The second-order valence-corrected chi connectivity index (χ2v) is 5.71. The summed E-state index contributed by atoms with van der Waals surface area (Å²) in [4.78, 5) is 7.66. The first kappa shape index (κ1) is 13.2. The zero-order valence-electron chi connectivity index (χ0n) is 11.3. The van der Waals surface area contributed by atoms with Crippen LogP contribution in [0.2, 0.25) is 0 Å². The molecule has 0 atom stereocenters. The van der Waals surface area contributed by atoms with Crippen molar-refractivity contribution in [3.8, 4) is 0 Å². The van der Waals surface area contributed by atoms with Crippen LogP contribution in [0.25, 0.3) is 10.9 Å². The first-order valence-electron chi connectivity index (χ1n) is 6.65. The van der Waals surface area contributed by atoms with Gasteiger partial charge in [-0.2, -0.15) is 0 Å². The second kappa shape index (κ2) is 5.67. The molecule has 0 aliphatic rings. The van der Waals surface area contributed by atoms with Crippen LogP contribution in [0.3, 0.4) is 0 Å². The van der Waals surface area contributed by atoms with Crippen molar-refractivity contribution in [2.75, 3.05) is 11.9 Å². The maximum absolute atomic E-state index is 4.35. The lowest BCUT2D eigenvalue weighted by Crippen LogP contribution is -2.06. The normalized spacial score (nSPS) is 10.9. The zero-order valence-corrected chi connectivity index (χ0v) is 12.9. The number of halogens is 1. The number of H-pyrrole nitrogens is 1. The molecule has 102 valence electrons. The summed E-state index contributed by atoms with van der Waals surface area (Å²) in [5, 5.41) is 4.67. The number of hydrogen-bond acceptors (Lipinski definition) is 2. The van der Waals surface area contributed by atoms with Crippen LogP contribution < -0.4 is 5.32 Å². The van der Waals surface area contributed by atoms with Crippen LogP contribution in [-0.4, -0.2) is 16.5 Å². The van der Waals surface area contributed by atoms with Gasteiger partial charge in [0.1, 0.15) is 5.82 Å². The van der Waals surface area contributed by atoms with Crippen LogP contribution in [0.4, 0.5) is 5.82 Å². The first-order chi connectivity index (χ1) is 9.74. The molecule has 2 heterocycles. The first-order valence-corrected chi connectivity index (χ1v) is 7.44. The van der Waals surface area contributed by atoms with Crippen molar-refractivity contribution in [1.29, 1.82) is 0 Å². The Kier molecular flexibility index (Phi) is 3.74. The van der Waals surface area contributed by atoms with Gasteiger partial charge in [0.2, 0.25) is 0 Å². The van der Waals surface area contributed by atoms with Crippen molar-refractivity contribution < 1.29 is 0 Å². The average Bonchev–Trinajstić information content (AvgIpc) is 2.86. The SMILES string of the molecule is Cc1cc(NCCc2c[nH]c3ccccc23)ncc1Br. The van der Waals surface area contributed by atoms with Gasteiger partial charge in [-0.25, -0.2) is 4.98 Å². The predicted octanol–water partition coefficient (Wildman–Crippen LogP) is 4.29. The summed E-state index contributed by atoms with van der Waals surface area (Å²) in [6, 6.07) is 10.4. The molecule has 0 fully saturated rings. The fourth-order valence-corrected chi connectivity index (χ4v) is 2.52. The van der Waals surface area contributed by atoms with E-state index in [0.29, 0.717) is 0 Å². The molecular formula is C16H16BrN3. The molecule has 2 N–H and O–H groups in total. The van der Waals surface area contributed by atoms with Gasteiger partial charge in [-0.1, -0.05) is 18.2 Å². The summed E-state index contributed by atoms with van der Waals surface area (Å²) >= 11 is 3.46. The smallest absolute Gasteiger partial charge is 0.126 e. The van der Waals surface area contributed by atoms with E-state index in [4.69, 9.17) is 0 Å². The number of anilines is 1. The molecule has 0 spiro atoms. The summed E-state index contributed by atoms with van der Waals surface area (Å²) in [5.74, 6) is 0.922. The van der Waals surface area contributed by atoms with Gasteiger partial charge in [0, 0.05) is 34.3 Å². The standard InChI is InChI=1S/C16H16BrN3/c1-11-8-16(20-10-14(11)17)18-7-6-12-9-19-15-5-3-2-4-13(12)15/h2-5,8-10,19H,6-7H2,1H3,(H,18,20). The van der Waals surface area contributed by atoms with E-state index in [2.05, 4.69) is 74.7 Å². The quantitative estimate of drug-likeness (QED) is 0.749. The molecule has 0 aliphatic heterocycles. The van der Waals surface area contributed by atoms with Gasteiger partial charge in [0.15, 0.2) is 0 Å². The maximum atomic E-state index is 4.35. The number of aryl methyl sites for hydroxylation is 1. The number of aromatic amines is 1. The Morgan fingerprint density at radius 1 is 1.30 bits per heavy atom. The lowest BCUT2D eigenvalue weighted by molar-refractivity contribution is 1.01. The van der Waals surface area contributed by atoms with Crippen LogP contribution in [-0.2, 0) is 6.42 Å². The van der Waals surface area contributed by atoms with Gasteiger partial charge >= 0.3 is 0 Å². The lowest BCUT2D eigenvalue weighted by Gasteiger charge is -2.06. The fourth-order valence-electron chi connectivity index (χ4n) is 2.30. The fraction of sp³-hybridized carbons (Fsp3) is 0.188. The van der Waals surface area contributed by atoms with Crippen LogP contribution in [0, 0.1) is 6.92 Å². The van der Waals surface area contributed by atoms with Crippen molar-refractivity contribution in [3.63, 3.8) is 0 Å². The second-order valence-electron chi connectivity index (χ2n) is 4.86. The van der Waals surface area contributed by atoms with E-state index < -0.39 is 0 Å². The summed E-state index contributed by atoms with van der Waals surface area (Å²) in [6.07, 6.45) is 4.90. The number of para-hydroxylation sites is 1. The Morgan fingerprint density at radius 3 is 3.00 bits per heavy atom. The molecule has 0 amide bonds. The Morgan fingerprint density at radius 2 is 2.15 bits per heavy atom. The van der Waals surface area contributed by atoms with Gasteiger partial charge in [0.05, 0.1) is 0 Å². The van der Waals surface area contributed by atoms with E-state index in [1.165, 1.54) is 22.0 Å². The molecule has 0 aliphatic carbocycles. The average molecular weight is 330 g/mol. The van der Waals surface area contributed by atoms with Crippen LogP contribution >= 0.6 is 15.9 Å². The van der Waals surface area contributed by atoms with E-state index in [1.807, 2.05) is 6.20 Å². The van der Waals surface area contributed by atoms with E-state index >= 15 is 0 Å². The third-order valence-corrected chi connectivity index (χ3v) is 4.25. The third-order valence-electron chi connectivity index (χ3n) is 3.42. The molecule has 0 bridgehead atoms. The zero-order chi connectivity index (χ0) is 13.9. The predicted molar refractivity (Wildman–Crippen MR) is 87.2 cm³/mol. The molecule has 0 unspecified atom stereocenters. The Balaban J connectivity index is 1.66. The molecule has 2 aromatic heterocycles. The van der Waals surface area contributed by atoms with Gasteiger partial charge in [-0.15, -0.1) is 0 Å². The Labute approximate surface area is 126 Å². The van der Waals surface area contributed by atoms with Crippen LogP contribution in [0.15, 0.2) is 47.2 Å². The number of rotatable bonds is 4. The molecule has 0 saturated heterocycles. The van der Waals surface area contributed by atoms with Crippen LogP contribution in [0.1, 0.15) is 11.1 Å². The van der Waals surface area contributed by atoms with Gasteiger partial charge in [-0.3, -0.25) is 0 Å². The van der Waals surface area contributed by atoms with Gasteiger partial charge in [-0.05, 0) is 52.5 Å². The minimum atomic E-state index is 0.871. The number of nitrogens with zero attached hydrogens (tertiary/aromatic N) is 1. The molecule has 0 saturated carbocycles. The minimum Gasteiger partial charge on any atom is -0.370 e. The van der Waals surface area contributed by atoms with Gasteiger partial charge < -0.3 is 10.3 Å². The highest BCUT2D eigenvalue weighted by molar-refractivity contribution is 9.10. The van der Waals surface area contributed by atoms with E-state index in [-0.39, 0.29) is 0 Å². The van der Waals surface area contributed by atoms with Crippen molar-refractivity contribution in [1.82, 2.24) is 9.97 Å². The molecule has 3 rings (SSSR count). The summed E-state index contributed by atoms with van der Waals surface area (Å²) in [7, 11) is 0. The topological polar surface area (TPSA) is 40.7 Å². The number of fused-ring (bicyclic) bond motifs is 1. The van der Waals surface area contributed by atoms with E-state index in [9.17, 15) is 0 Å². The maximum Gasteiger partial charge on any atom is 0.126 e. The van der Waals surface area contributed by atoms with Crippen LogP contribution in [0.5, 0.6) is 0 Å². The van der Waals surface area contributed by atoms with Crippen molar-refractivity contribution >= 4 is 32.7 Å². The van der Waals surface area contributed by atoms with Gasteiger partial charge in [0.25, 0.3) is 0 Å². The molecule has 3 nitrogen and oxygen atoms in total. The van der Waals surface area contributed by atoms with E-state index in [0.717, 1.165) is 23.3 Å². The highest BCUT2D eigenvalue weighted by atomic mass is 79.9. The number of nitrogens with one attached hydrogen (secondary N) is 2. The van der Waals surface area contributed by atoms with Crippen molar-refractivity contribution in [2.24, 2.45) is 0 Å². The summed E-state index contributed by atoms with van der Waals surface area (Å²) in [5.41, 5.74) is 3.72. The largest absolute Gasteiger partial charge is 0.370 e. The molecule has 4 heteroatoms. The number of pyridine rings is 1. The Bertz CT molecular complexity index is 733. The lowest BCUT2D eigenvalue weighted by atomic mass is 10.1.